The summed E-state index contributed by atoms with van der Waals surface area (Å²) >= 11 is 0. The number of carbonyl (C=O) groups is 1. The third kappa shape index (κ3) is 4.79. The van der Waals surface area contributed by atoms with Crippen molar-refractivity contribution in [2.45, 2.75) is 26.4 Å². The molecule has 0 saturated carbocycles. The smallest absolute Gasteiger partial charge is 0.341 e. The average molecular weight is 223 g/mol. The summed E-state index contributed by atoms with van der Waals surface area (Å²) in [5.74, 6) is -0.379. The van der Waals surface area contributed by atoms with E-state index in [1.54, 1.807) is 6.07 Å². The Morgan fingerprint density at radius 2 is 2.25 bits per heavy atom. The first-order valence-corrected chi connectivity index (χ1v) is 5.25. The maximum absolute atomic E-state index is 10.3. The van der Waals surface area contributed by atoms with E-state index < -0.39 is 5.97 Å². The normalized spacial score (nSPS) is 10.4. The van der Waals surface area contributed by atoms with E-state index in [-0.39, 0.29) is 6.61 Å². The number of nitrogens with one attached hydrogen (secondary N) is 1. The lowest BCUT2D eigenvalue weighted by molar-refractivity contribution is -0.139. The molecule has 2 N–H and O–H groups in total. The zero-order chi connectivity index (χ0) is 12.0. The van der Waals surface area contributed by atoms with E-state index in [0.29, 0.717) is 11.8 Å². The highest BCUT2D eigenvalue weighted by Gasteiger charge is 2.01. The molecule has 4 heteroatoms. The minimum absolute atomic E-state index is 0.305. The molecule has 88 valence electrons. The number of aliphatic carboxylic acids is 1. The minimum atomic E-state index is -0.967. The average Bonchev–Trinajstić information content (AvgIpc) is 2.24. The SMILES string of the molecule is CC(C)NCc1cccc(OCC(=O)O)c1. The van der Waals surface area contributed by atoms with E-state index in [2.05, 4.69) is 19.2 Å². The van der Waals surface area contributed by atoms with Crippen molar-refractivity contribution in [3.63, 3.8) is 0 Å². The highest BCUT2D eigenvalue weighted by Crippen LogP contribution is 2.13. The topological polar surface area (TPSA) is 58.6 Å². The summed E-state index contributed by atoms with van der Waals surface area (Å²) in [4.78, 5) is 10.3. The van der Waals surface area contributed by atoms with Gasteiger partial charge in [-0.2, -0.15) is 0 Å². The molecular weight excluding hydrogens is 206 g/mol. The van der Waals surface area contributed by atoms with Gasteiger partial charge >= 0.3 is 5.97 Å². The minimum Gasteiger partial charge on any atom is -0.482 e. The molecule has 0 radical (unpaired) electrons. The third-order valence-electron chi connectivity index (χ3n) is 1.98. The first-order chi connectivity index (χ1) is 7.58. The van der Waals surface area contributed by atoms with E-state index in [9.17, 15) is 4.79 Å². The molecule has 0 aromatic heterocycles. The summed E-state index contributed by atoms with van der Waals surface area (Å²) in [7, 11) is 0. The summed E-state index contributed by atoms with van der Waals surface area (Å²) < 4.78 is 5.09. The van der Waals surface area contributed by atoms with Crippen LogP contribution in [-0.2, 0) is 11.3 Å². The Labute approximate surface area is 95.2 Å². The quantitative estimate of drug-likeness (QED) is 0.769. The first-order valence-electron chi connectivity index (χ1n) is 5.25. The molecule has 0 heterocycles. The second-order valence-electron chi connectivity index (χ2n) is 3.87. The second-order valence-corrected chi connectivity index (χ2v) is 3.87. The van der Waals surface area contributed by atoms with Crippen LogP contribution in [-0.4, -0.2) is 23.7 Å². The highest BCUT2D eigenvalue weighted by molar-refractivity contribution is 5.68. The molecule has 4 nitrogen and oxygen atoms in total. The summed E-state index contributed by atoms with van der Waals surface area (Å²) in [5.41, 5.74) is 1.08. The Morgan fingerprint density at radius 3 is 2.88 bits per heavy atom. The van der Waals surface area contributed by atoms with Gasteiger partial charge in [-0.15, -0.1) is 0 Å². The Hall–Kier alpha value is -1.55. The Bertz CT molecular complexity index is 350. The molecule has 0 saturated heterocycles. The fourth-order valence-corrected chi connectivity index (χ4v) is 1.21. The van der Waals surface area contributed by atoms with Crippen LogP contribution in [0.5, 0.6) is 5.75 Å². The van der Waals surface area contributed by atoms with Crippen LogP contribution in [0.25, 0.3) is 0 Å². The third-order valence-corrected chi connectivity index (χ3v) is 1.98. The van der Waals surface area contributed by atoms with Crippen LogP contribution in [0.3, 0.4) is 0 Å². The van der Waals surface area contributed by atoms with Gasteiger partial charge in [-0.1, -0.05) is 26.0 Å². The molecule has 0 aliphatic rings. The van der Waals surface area contributed by atoms with E-state index in [1.807, 2.05) is 18.2 Å². The van der Waals surface area contributed by atoms with Crippen molar-refractivity contribution in [1.82, 2.24) is 5.32 Å². The van der Waals surface area contributed by atoms with Crippen molar-refractivity contribution in [2.75, 3.05) is 6.61 Å². The fraction of sp³-hybridized carbons (Fsp3) is 0.417. The summed E-state index contributed by atoms with van der Waals surface area (Å²) in [6.07, 6.45) is 0. The maximum Gasteiger partial charge on any atom is 0.341 e. The van der Waals surface area contributed by atoms with Crippen molar-refractivity contribution >= 4 is 5.97 Å². The summed E-state index contributed by atoms with van der Waals surface area (Å²) in [5, 5.41) is 11.8. The van der Waals surface area contributed by atoms with Crippen molar-refractivity contribution in [2.24, 2.45) is 0 Å². The number of benzene rings is 1. The summed E-state index contributed by atoms with van der Waals surface area (Å²) in [6.45, 7) is 4.60. The van der Waals surface area contributed by atoms with Crippen LogP contribution in [0.15, 0.2) is 24.3 Å². The molecule has 0 spiro atoms. The van der Waals surface area contributed by atoms with Gasteiger partial charge in [0.1, 0.15) is 5.75 Å². The number of carboxylic acids is 1. The van der Waals surface area contributed by atoms with E-state index >= 15 is 0 Å². The Kier molecular flexibility index (Phi) is 4.79. The zero-order valence-electron chi connectivity index (χ0n) is 9.56. The predicted molar refractivity (Wildman–Crippen MR) is 61.5 cm³/mol. The van der Waals surface area contributed by atoms with Crippen LogP contribution in [0.4, 0.5) is 0 Å². The lowest BCUT2D eigenvalue weighted by Gasteiger charge is -2.09. The van der Waals surface area contributed by atoms with Crippen LogP contribution in [0.2, 0.25) is 0 Å². The molecule has 0 fully saturated rings. The Morgan fingerprint density at radius 1 is 1.50 bits per heavy atom. The van der Waals surface area contributed by atoms with Gasteiger partial charge < -0.3 is 15.2 Å². The molecule has 0 unspecified atom stereocenters. The standard InChI is InChI=1S/C12H17NO3/c1-9(2)13-7-10-4-3-5-11(6-10)16-8-12(14)15/h3-6,9,13H,7-8H2,1-2H3,(H,14,15). The fourth-order valence-electron chi connectivity index (χ4n) is 1.21. The van der Waals surface area contributed by atoms with E-state index in [0.717, 1.165) is 12.1 Å². The van der Waals surface area contributed by atoms with E-state index in [1.165, 1.54) is 0 Å². The van der Waals surface area contributed by atoms with Crippen LogP contribution < -0.4 is 10.1 Å². The first kappa shape index (κ1) is 12.5. The predicted octanol–water partition coefficient (Wildman–Crippen LogP) is 1.65. The van der Waals surface area contributed by atoms with Crippen molar-refractivity contribution in [3.8, 4) is 5.75 Å². The number of carboxylic acid groups (broad SMARTS) is 1. The van der Waals surface area contributed by atoms with Gasteiger partial charge in [0.25, 0.3) is 0 Å². The molecule has 0 bridgehead atoms. The number of rotatable bonds is 6. The molecule has 1 aromatic carbocycles. The van der Waals surface area contributed by atoms with Crippen molar-refractivity contribution in [1.29, 1.82) is 0 Å². The second kappa shape index (κ2) is 6.12. The van der Waals surface area contributed by atoms with Crippen LogP contribution in [0, 0.1) is 0 Å². The molecule has 0 aliphatic carbocycles. The van der Waals surface area contributed by atoms with Gasteiger partial charge in [-0.25, -0.2) is 4.79 Å². The number of hydrogen-bond acceptors (Lipinski definition) is 3. The van der Waals surface area contributed by atoms with Gasteiger partial charge in [0, 0.05) is 12.6 Å². The summed E-state index contributed by atoms with van der Waals surface area (Å²) in [6, 6.07) is 7.85. The van der Waals surface area contributed by atoms with Gasteiger partial charge in [0.15, 0.2) is 6.61 Å². The van der Waals surface area contributed by atoms with E-state index in [4.69, 9.17) is 9.84 Å². The van der Waals surface area contributed by atoms with Crippen molar-refractivity contribution < 1.29 is 14.6 Å². The van der Waals surface area contributed by atoms with Gasteiger partial charge in [0.2, 0.25) is 0 Å². The molecular formula is C12H17NO3. The van der Waals surface area contributed by atoms with Gasteiger partial charge in [0.05, 0.1) is 0 Å². The lowest BCUT2D eigenvalue weighted by Crippen LogP contribution is -2.21. The number of ether oxygens (including phenoxy) is 1. The molecule has 16 heavy (non-hydrogen) atoms. The molecule has 0 amide bonds. The van der Waals surface area contributed by atoms with Crippen LogP contribution in [0.1, 0.15) is 19.4 Å². The molecule has 1 rings (SSSR count). The molecule has 0 aliphatic heterocycles. The monoisotopic (exact) mass is 223 g/mol. The number of hydrogen-bond donors (Lipinski definition) is 2. The van der Waals surface area contributed by atoms with Crippen molar-refractivity contribution in [3.05, 3.63) is 29.8 Å². The molecule has 0 atom stereocenters. The zero-order valence-corrected chi connectivity index (χ0v) is 9.56. The van der Waals surface area contributed by atoms with Gasteiger partial charge in [-0.3, -0.25) is 0 Å². The maximum atomic E-state index is 10.3. The largest absolute Gasteiger partial charge is 0.482 e. The highest BCUT2D eigenvalue weighted by atomic mass is 16.5. The lowest BCUT2D eigenvalue weighted by atomic mass is 10.2. The van der Waals surface area contributed by atoms with Gasteiger partial charge in [-0.05, 0) is 17.7 Å². The molecule has 1 aromatic rings. The van der Waals surface area contributed by atoms with Crippen LogP contribution >= 0.6 is 0 Å². The Balaban J connectivity index is 2.53.